The molecule has 6 heteroatoms. The Labute approximate surface area is 90.0 Å². The number of hydrogen-bond donors (Lipinski definition) is 2. The van der Waals surface area contributed by atoms with Crippen molar-refractivity contribution in [3.05, 3.63) is 35.4 Å². The van der Waals surface area contributed by atoms with Gasteiger partial charge in [-0.2, -0.15) is 0 Å². The van der Waals surface area contributed by atoms with Crippen LogP contribution in [-0.2, 0) is 9.47 Å². The summed E-state index contributed by atoms with van der Waals surface area (Å²) in [5.74, 6) is -4.44. The van der Waals surface area contributed by atoms with Gasteiger partial charge in [-0.15, -0.1) is 0 Å². The summed E-state index contributed by atoms with van der Waals surface area (Å²) in [6.07, 6.45) is 0. The van der Waals surface area contributed by atoms with E-state index in [1.54, 1.807) is 0 Å². The second-order valence-electron chi connectivity index (χ2n) is 3.29. The third kappa shape index (κ3) is 2.02. The molecule has 0 atom stereocenters. The highest BCUT2D eigenvalue weighted by Crippen LogP contribution is 2.14. The van der Waals surface area contributed by atoms with Crippen LogP contribution in [0.3, 0.4) is 0 Å². The van der Waals surface area contributed by atoms with E-state index in [0.717, 1.165) is 0 Å². The quantitative estimate of drug-likeness (QED) is 0.462. The Balaban J connectivity index is 2.42. The van der Waals surface area contributed by atoms with E-state index in [-0.39, 0.29) is 11.1 Å². The van der Waals surface area contributed by atoms with E-state index < -0.39 is 24.5 Å². The number of fused-ring (bicyclic) bond motifs is 7. The first-order valence-electron chi connectivity index (χ1n) is 4.43. The van der Waals surface area contributed by atoms with Crippen molar-refractivity contribution in [2.24, 2.45) is 0 Å². The van der Waals surface area contributed by atoms with Crippen molar-refractivity contribution in [3.8, 4) is 0 Å². The topological polar surface area (TPSA) is 93.1 Å². The van der Waals surface area contributed by atoms with Gasteiger partial charge in [0.1, 0.15) is 0 Å². The van der Waals surface area contributed by atoms with E-state index in [1.807, 2.05) is 0 Å². The molecule has 3 rings (SSSR count). The molecule has 1 aromatic carbocycles. The maximum atomic E-state index is 11.4. The fourth-order valence-electron chi connectivity index (χ4n) is 1.22. The Morgan fingerprint density at radius 1 is 1.00 bits per heavy atom. The van der Waals surface area contributed by atoms with Gasteiger partial charge in [0.25, 0.3) is 0 Å². The molecule has 2 aliphatic rings. The Kier molecular flexibility index (Phi) is 2.37. The maximum Gasteiger partial charge on any atom is 0.360 e. The molecular formula is C10H8O6. The first kappa shape index (κ1) is 10.6. The van der Waals surface area contributed by atoms with Crippen molar-refractivity contribution < 1.29 is 29.3 Å². The van der Waals surface area contributed by atoms with Crippen molar-refractivity contribution in [1.82, 2.24) is 0 Å². The fraction of sp³-hybridized carbons (Fsp3) is 0.200. The van der Waals surface area contributed by atoms with E-state index in [2.05, 4.69) is 9.47 Å². The summed E-state index contributed by atoms with van der Waals surface area (Å²) in [5, 5.41) is 18.4. The summed E-state index contributed by atoms with van der Waals surface area (Å²) in [4.78, 5) is 22.7. The van der Waals surface area contributed by atoms with Gasteiger partial charge in [-0.05, 0) is 24.3 Å². The molecule has 0 amide bonds. The molecule has 2 aliphatic heterocycles. The van der Waals surface area contributed by atoms with Gasteiger partial charge in [0.2, 0.25) is 0 Å². The molecule has 0 saturated heterocycles. The predicted molar refractivity (Wildman–Crippen MR) is 49.3 cm³/mol. The lowest BCUT2D eigenvalue weighted by Crippen LogP contribution is -2.40. The Bertz CT molecular complexity index is 433. The normalized spacial score (nSPS) is 18.9. The second kappa shape index (κ2) is 3.58. The molecule has 0 saturated carbocycles. The molecule has 0 radical (unpaired) electrons. The second-order valence-corrected chi connectivity index (χ2v) is 3.29. The van der Waals surface area contributed by atoms with Crippen LogP contribution in [0.25, 0.3) is 0 Å². The van der Waals surface area contributed by atoms with Crippen LogP contribution in [0.15, 0.2) is 24.3 Å². The Hall–Kier alpha value is -1.92. The largest absolute Gasteiger partial charge is 0.452 e. The standard InChI is InChI=1S/C10H8O6/c11-8-6-1-3-7(4-2-6)9(12)16-10(13,14)5-15-8/h1-4,13-14H,5H2. The minimum absolute atomic E-state index is 0.117. The summed E-state index contributed by atoms with van der Waals surface area (Å²) in [6, 6.07) is 5.45. The van der Waals surface area contributed by atoms with Crippen LogP contribution >= 0.6 is 0 Å². The zero-order chi connectivity index (χ0) is 11.8. The van der Waals surface area contributed by atoms with Crippen LogP contribution in [0.5, 0.6) is 0 Å². The molecular weight excluding hydrogens is 216 g/mol. The average molecular weight is 224 g/mol. The third-order valence-corrected chi connectivity index (χ3v) is 2.00. The first-order valence-corrected chi connectivity index (χ1v) is 4.43. The van der Waals surface area contributed by atoms with E-state index in [0.29, 0.717) is 0 Å². The highest BCUT2D eigenvalue weighted by Gasteiger charge is 2.32. The molecule has 16 heavy (non-hydrogen) atoms. The number of ether oxygens (including phenoxy) is 2. The molecule has 2 N–H and O–H groups in total. The SMILES string of the molecule is O=C1OCC(O)(O)OC(=O)c2ccc1cc2. The lowest BCUT2D eigenvalue weighted by atomic mass is 10.1. The van der Waals surface area contributed by atoms with E-state index in [1.165, 1.54) is 24.3 Å². The van der Waals surface area contributed by atoms with E-state index in [4.69, 9.17) is 0 Å². The van der Waals surface area contributed by atoms with Gasteiger partial charge in [0.05, 0.1) is 11.1 Å². The number of carbonyl (C=O) groups excluding carboxylic acids is 2. The minimum atomic E-state index is -2.81. The smallest absolute Gasteiger partial charge is 0.360 e. The first-order chi connectivity index (χ1) is 7.48. The van der Waals surface area contributed by atoms with Gasteiger partial charge in [-0.1, -0.05) is 0 Å². The van der Waals surface area contributed by atoms with Crippen LogP contribution in [0.1, 0.15) is 20.7 Å². The molecule has 0 spiro atoms. The summed E-state index contributed by atoms with van der Waals surface area (Å²) in [6.45, 7) is -0.837. The zero-order valence-electron chi connectivity index (χ0n) is 8.04. The molecule has 0 fully saturated rings. The summed E-state index contributed by atoms with van der Waals surface area (Å²) in [7, 11) is 0. The minimum Gasteiger partial charge on any atom is -0.452 e. The van der Waals surface area contributed by atoms with Gasteiger partial charge >= 0.3 is 17.9 Å². The van der Waals surface area contributed by atoms with Crippen LogP contribution in [-0.4, -0.2) is 34.7 Å². The molecule has 1 aromatic rings. The van der Waals surface area contributed by atoms with Crippen molar-refractivity contribution in [2.75, 3.05) is 6.61 Å². The number of esters is 2. The van der Waals surface area contributed by atoms with E-state index in [9.17, 15) is 19.8 Å². The summed E-state index contributed by atoms with van der Waals surface area (Å²) in [5.41, 5.74) is 0.333. The average Bonchev–Trinajstić information content (AvgIpc) is 2.25. The van der Waals surface area contributed by atoms with Crippen molar-refractivity contribution in [2.45, 2.75) is 5.97 Å². The van der Waals surface area contributed by atoms with Crippen LogP contribution in [0.4, 0.5) is 0 Å². The molecule has 2 heterocycles. The summed E-state index contributed by atoms with van der Waals surface area (Å²) < 4.78 is 8.88. The highest BCUT2D eigenvalue weighted by atomic mass is 16.8. The molecule has 84 valence electrons. The van der Waals surface area contributed by atoms with E-state index >= 15 is 0 Å². The lowest BCUT2D eigenvalue weighted by Gasteiger charge is -2.22. The van der Waals surface area contributed by atoms with Crippen molar-refractivity contribution in [3.63, 3.8) is 0 Å². The Morgan fingerprint density at radius 3 is 2.06 bits per heavy atom. The van der Waals surface area contributed by atoms with Crippen LogP contribution in [0, 0.1) is 0 Å². The molecule has 2 bridgehead atoms. The molecule has 6 nitrogen and oxygen atoms in total. The van der Waals surface area contributed by atoms with Gasteiger partial charge < -0.3 is 19.7 Å². The monoisotopic (exact) mass is 224 g/mol. The summed E-state index contributed by atoms with van der Waals surface area (Å²) >= 11 is 0. The predicted octanol–water partition coefficient (Wildman–Crippen LogP) is -0.348. The number of carbonyl (C=O) groups is 2. The van der Waals surface area contributed by atoms with Crippen LogP contribution in [0.2, 0.25) is 0 Å². The van der Waals surface area contributed by atoms with Crippen molar-refractivity contribution in [1.29, 1.82) is 0 Å². The van der Waals surface area contributed by atoms with Gasteiger partial charge in [-0.3, -0.25) is 0 Å². The Morgan fingerprint density at radius 2 is 1.50 bits per heavy atom. The van der Waals surface area contributed by atoms with Crippen LogP contribution < -0.4 is 0 Å². The third-order valence-electron chi connectivity index (χ3n) is 2.00. The number of benzene rings is 1. The number of hydrogen-bond acceptors (Lipinski definition) is 6. The number of aliphatic hydroxyl groups is 2. The number of rotatable bonds is 0. The molecule has 0 aromatic heterocycles. The highest BCUT2D eigenvalue weighted by molar-refractivity contribution is 5.93. The van der Waals surface area contributed by atoms with Gasteiger partial charge in [-0.25, -0.2) is 9.59 Å². The van der Waals surface area contributed by atoms with Gasteiger partial charge in [0.15, 0.2) is 6.61 Å². The maximum absolute atomic E-state index is 11.4. The van der Waals surface area contributed by atoms with Crippen molar-refractivity contribution >= 4 is 11.9 Å². The molecule has 0 unspecified atom stereocenters. The fourth-order valence-corrected chi connectivity index (χ4v) is 1.22. The zero-order valence-corrected chi connectivity index (χ0v) is 8.04. The lowest BCUT2D eigenvalue weighted by molar-refractivity contribution is -0.321. The van der Waals surface area contributed by atoms with Gasteiger partial charge in [0, 0.05) is 0 Å². The molecule has 0 aliphatic carbocycles.